The largest absolute Gasteiger partial charge is 0.459 e. The molecule has 0 amide bonds. The zero-order valence-electron chi connectivity index (χ0n) is 11.7. The van der Waals surface area contributed by atoms with Crippen molar-refractivity contribution in [2.24, 2.45) is 5.92 Å². The third-order valence-electron chi connectivity index (χ3n) is 3.88. The van der Waals surface area contributed by atoms with Gasteiger partial charge in [0.25, 0.3) is 0 Å². The van der Waals surface area contributed by atoms with Crippen LogP contribution in [-0.2, 0) is 0 Å². The molecule has 0 saturated carbocycles. The summed E-state index contributed by atoms with van der Waals surface area (Å²) < 4.78 is 5.88. The monoisotopic (exact) mass is 245 g/mol. The molecular weight excluding hydrogens is 222 g/mol. The van der Waals surface area contributed by atoms with Gasteiger partial charge in [0.1, 0.15) is 11.3 Å². The fourth-order valence-corrected chi connectivity index (χ4v) is 2.21. The number of fused-ring (bicyclic) bond motifs is 1. The number of hydrogen-bond donors (Lipinski definition) is 1. The summed E-state index contributed by atoms with van der Waals surface area (Å²) in [7, 11) is 0. The number of benzene rings is 1. The highest BCUT2D eigenvalue weighted by Gasteiger charge is 2.16. The van der Waals surface area contributed by atoms with Gasteiger partial charge in [0.05, 0.1) is 6.04 Å². The molecule has 2 rings (SSSR count). The van der Waals surface area contributed by atoms with E-state index in [-0.39, 0.29) is 6.04 Å². The van der Waals surface area contributed by atoms with Crippen molar-refractivity contribution in [1.82, 2.24) is 5.32 Å². The Morgan fingerprint density at radius 3 is 2.56 bits per heavy atom. The lowest BCUT2D eigenvalue weighted by atomic mass is 10.00. The Labute approximate surface area is 109 Å². The van der Waals surface area contributed by atoms with Crippen LogP contribution in [0.25, 0.3) is 11.0 Å². The summed E-state index contributed by atoms with van der Waals surface area (Å²) in [4.78, 5) is 0. The minimum Gasteiger partial charge on any atom is -0.459 e. The summed E-state index contributed by atoms with van der Waals surface area (Å²) in [5.41, 5.74) is 0.970. The summed E-state index contributed by atoms with van der Waals surface area (Å²) >= 11 is 0. The Balaban J connectivity index is 2.11. The SMILES string of the molecule is CCC(C)C(C)NC(C)c1cc2ccccc2o1. The van der Waals surface area contributed by atoms with E-state index >= 15 is 0 Å². The van der Waals surface area contributed by atoms with E-state index in [0.717, 1.165) is 11.3 Å². The third-order valence-corrected chi connectivity index (χ3v) is 3.88. The Hall–Kier alpha value is -1.28. The Morgan fingerprint density at radius 1 is 1.17 bits per heavy atom. The van der Waals surface area contributed by atoms with Gasteiger partial charge in [-0.15, -0.1) is 0 Å². The van der Waals surface area contributed by atoms with Gasteiger partial charge in [-0.25, -0.2) is 0 Å². The number of hydrogen-bond acceptors (Lipinski definition) is 2. The Morgan fingerprint density at radius 2 is 1.89 bits per heavy atom. The predicted octanol–water partition coefficient (Wildman–Crippen LogP) is 4.52. The topological polar surface area (TPSA) is 25.2 Å². The van der Waals surface area contributed by atoms with Crippen molar-refractivity contribution in [3.8, 4) is 0 Å². The van der Waals surface area contributed by atoms with Crippen molar-refractivity contribution >= 4 is 11.0 Å². The molecule has 0 bridgehead atoms. The first kappa shape index (κ1) is 13.2. The highest BCUT2D eigenvalue weighted by molar-refractivity contribution is 5.77. The molecule has 0 aliphatic rings. The van der Waals surface area contributed by atoms with Gasteiger partial charge in [-0.1, -0.05) is 38.5 Å². The average molecular weight is 245 g/mol. The molecule has 2 heteroatoms. The lowest BCUT2D eigenvalue weighted by Crippen LogP contribution is -2.33. The van der Waals surface area contributed by atoms with Crippen molar-refractivity contribution in [3.05, 3.63) is 36.1 Å². The minimum absolute atomic E-state index is 0.251. The summed E-state index contributed by atoms with van der Waals surface area (Å²) in [5, 5.41) is 4.79. The number of rotatable bonds is 5. The lowest BCUT2D eigenvalue weighted by molar-refractivity contribution is 0.337. The molecule has 0 aliphatic heterocycles. The van der Waals surface area contributed by atoms with E-state index in [1.54, 1.807) is 0 Å². The second kappa shape index (κ2) is 5.57. The summed E-state index contributed by atoms with van der Waals surface area (Å²) in [6.07, 6.45) is 1.20. The molecule has 1 aromatic heterocycles. The number of furan rings is 1. The molecule has 0 aliphatic carbocycles. The van der Waals surface area contributed by atoms with E-state index in [2.05, 4.69) is 45.1 Å². The highest BCUT2D eigenvalue weighted by atomic mass is 16.3. The first-order valence-electron chi connectivity index (χ1n) is 6.86. The average Bonchev–Trinajstić information content (AvgIpc) is 2.81. The van der Waals surface area contributed by atoms with E-state index in [0.29, 0.717) is 12.0 Å². The molecular formula is C16H23NO. The summed E-state index contributed by atoms with van der Waals surface area (Å²) in [6.45, 7) is 8.92. The number of nitrogens with one attached hydrogen (secondary N) is 1. The third kappa shape index (κ3) is 2.75. The van der Waals surface area contributed by atoms with E-state index in [4.69, 9.17) is 4.42 Å². The van der Waals surface area contributed by atoms with Gasteiger partial charge >= 0.3 is 0 Å². The van der Waals surface area contributed by atoms with Crippen LogP contribution in [0, 0.1) is 5.92 Å². The quantitative estimate of drug-likeness (QED) is 0.838. The lowest BCUT2D eigenvalue weighted by Gasteiger charge is -2.23. The Bertz CT molecular complexity index is 470. The van der Waals surface area contributed by atoms with Crippen LogP contribution in [0.15, 0.2) is 34.7 Å². The second-order valence-corrected chi connectivity index (χ2v) is 5.25. The number of para-hydroxylation sites is 1. The van der Waals surface area contributed by atoms with Crippen LogP contribution in [0.1, 0.15) is 45.9 Å². The van der Waals surface area contributed by atoms with Gasteiger partial charge in [-0.2, -0.15) is 0 Å². The molecule has 0 radical (unpaired) electrons. The van der Waals surface area contributed by atoms with Crippen LogP contribution in [0.4, 0.5) is 0 Å². The maximum Gasteiger partial charge on any atom is 0.134 e. The molecule has 18 heavy (non-hydrogen) atoms. The first-order chi connectivity index (χ1) is 8.61. The standard InChI is InChI=1S/C16H23NO/c1-5-11(2)12(3)17-13(4)16-10-14-8-6-7-9-15(14)18-16/h6-13,17H,5H2,1-4H3. The van der Waals surface area contributed by atoms with Crippen LogP contribution in [0.5, 0.6) is 0 Å². The van der Waals surface area contributed by atoms with Gasteiger partial charge in [-0.05, 0) is 31.9 Å². The van der Waals surface area contributed by atoms with Gasteiger partial charge in [0, 0.05) is 11.4 Å². The van der Waals surface area contributed by atoms with Crippen molar-refractivity contribution in [3.63, 3.8) is 0 Å². The minimum atomic E-state index is 0.251. The molecule has 0 spiro atoms. The van der Waals surface area contributed by atoms with Crippen LogP contribution >= 0.6 is 0 Å². The van der Waals surface area contributed by atoms with Crippen molar-refractivity contribution in [2.75, 3.05) is 0 Å². The molecule has 1 aromatic carbocycles. The van der Waals surface area contributed by atoms with Gasteiger partial charge in [0.15, 0.2) is 0 Å². The molecule has 0 saturated heterocycles. The van der Waals surface area contributed by atoms with E-state index in [9.17, 15) is 0 Å². The highest BCUT2D eigenvalue weighted by Crippen LogP contribution is 2.24. The maximum absolute atomic E-state index is 5.88. The van der Waals surface area contributed by atoms with Gasteiger partial charge in [-0.3, -0.25) is 0 Å². The first-order valence-corrected chi connectivity index (χ1v) is 6.86. The van der Waals surface area contributed by atoms with Crippen molar-refractivity contribution < 1.29 is 4.42 Å². The fourth-order valence-electron chi connectivity index (χ4n) is 2.21. The molecule has 3 atom stereocenters. The fraction of sp³-hybridized carbons (Fsp3) is 0.500. The molecule has 98 valence electrons. The zero-order valence-corrected chi connectivity index (χ0v) is 11.7. The molecule has 1 heterocycles. The normalized spacial score (nSPS) is 16.7. The predicted molar refractivity (Wildman–Crippen MR) is 76.7 cm³/mol. The van der Waals surface area contributed by atoms with Crippen LogP contribution in [0.3, 0.4) is 0 Å². The van der Waals surface area contributed by atoms with Gasteiger partial charge in [0.2, 0.25) is 0 Å². The van der Waals surface area contributed by atoms with E-state index in [1.807, 2.05) is 18.2 Å². The van der Waals surface area contributed by atoms with Gasteiger partial charge < -0.3 is 9.73 Å². The maximum atomic E-state index is 5.88. The molecule has 2 nitrogen and oxygen atoms in total. The van der Waals surface area contributed by atoms with E-state index in [1.165, 1.54) is 11.8 Å². The van der Waals surface area contributed by atoms with Crippen LogP contribution in [0.2, 0.25) is 0 Å². The van der Waals surface area contributed by atoms with E-state index < -0.39 is 0 Å². The second-order valence-electron chi connectivity index (χ2n) is 5.25. The molecule has 1 N–H and O–H groups in total. The smallest absolute Gasteiger partial charge is 0.134 e. The summed E-state index contributed by atoms with van der Waals surface area (Å²) in [6, 6.07) is 11.0. The van der Waals surface area contributed by atoms with Crippen LogP contribution < -0.4 is 5.32 Å². The Kier molecular flexibility index (Phi) is 4.07. The van der Waals surface area contributed by atoms with Crippen LogP contribution in [-0.4, -0.2) is 6.04 Å². The zero-order chi connectivity index (χ0) is 13.1. The molecule has 0 fully saturated rings. The van der Waals surface area contributed by atoms with Crippen molar-refractivity contribution in [2.45, 2.75) is 46.2 Å². The molecule has 3 unspecified atom stereocenters. The molecule has 2 aromatic rings. The van der Waals surface area contributed by atoms with Crippen molar-refractivity contribution in [1.29, 1.82) is 0 Å². The summed E-state index contributed by atoms with van der Waals surface area (Å²) in [5.74, 6) is 1.70.